The Hall–Kier alpha value is -3.17. The minimum Gasteiger partial charge on any atom is -0.475 e. The first kappa shape index (κ1) is 33.3. The summed E-state index contributed by atoms with van der Waals surface area (Å²) >= 11 is 0. The molecule has 0 saturated carbocycles. The van der Waals surface area contributed by atoms with E-state index in [9.17, 15) is 38.1 Å². The number of carboxylic acid groups (broad SMARTS) is 1. The first-order chi connectivity index (χ1) is 19.8. The number of nitrogens with zero attached hydrogens (tertiary/aromatic N) is 3. The standard InChI is InChI=1S/C21H32N6O8.C2HF3O2/c22-9-14-17(30)18(31)20(34-14)35-15(10-23-3-1-5-26-7-4-24-11-26)13-8-12(28)19(33-13)27-6-2-16(29)25-21(27)32;3-2(4,5)1(6)7/h2,4,6-7,11-15,17-20,23,28,30-31H,1,3,5,8-10,22H2,(H,25,29,32);(H,6,7)/t12-,13+,14-,15+,17-,18-,19-,20+;/m1./s1. The van der Waals surface area contributed by atoms with E-state index in [2.05, 4.69) is 15.3 Å². The molecular formula is C23H33F3N6O10. The number of aliphatic hydroxyl groups excluding tert-OH is 3. The fraction of sp³-hybridized carbons (Fsp3) is 0.652. The number of aromatic amines is 1. The molecule has 19 heteroatoms. The molecule has 0 unspecified atom stereocenters. The minimum atomic E-state index is -5.08. The number of nitrogens with two attached hydrogens (primary N) is 1. The molecule has 0 spiro atoms. The van der Waals surface area contributed by atoms with Crippen molar-refractivity contribution in [1.29, 1.82) is 0 Å². The van der Waals surface area contributed by atoms with E-state index in [4.69, 9.17) is 29.8 Å². The fourth-order valence-corrected chi connectivity index (χ4v) is 4.31. The van der Waals surface area contributed by atoms with Crippen molar-refractivity contribution in [3.63, 3.8) is 0 Å². The van der Waals surface area contributed by atoms with Gasteiger partial charge in [-0.3, -0.25) is 14.3 Å². The molecule has 16 nitrogen and oxygen atoms in total. The maximum atomic E-state index is 12.2. The van der Waals surface area contributed by atoms with Crippen LogP contribution in [0.15, 0.2) is 40.6 Å². The van der Waals surface area contributed by atoms with Crippen LogP contribution < -0.4 is 22.3 Å². The number of carbonyl (C=O) groups is 1. The number of aliphatic hydroxyl groups is 3. The quantitative estimate of drug-likeness (QED) is 0.130. The topological polar surface area (TPSA) is 236 Å². The van der Waals surface area contributed by atoms with Crippen LogP contribution in [0.3, 0.4) is 0 Å². The number of hydrogen-bond donors (Lipinski definition) is 7. The Labute approximate surface area is 235 Å². The van der Waals surface area contributed by atoms with Gasteiger partial charge in [0.25, 0.3) is 5.56 Å². The third kappa shape index (κ3) is 8.91. The molecule has 8 N–H and O–H groups in total. The number of aryl methyl sites for hydroxylation is 1. The first-order valence-corrected chi connectivity index (χ1v) is 12.8. The minimum absolute atomic E-state index is 0.00506. The molecule has 4 rings (SSSR count). The van der Waals surface area contributed by atoms with Gasteiger partial charge in [-0.2, -0.15) is 13.2 Å². The van der Waals surface area contributed by atoms with Crippen LogP contribution in [-0.2, 0) is 25.5 Å². The van der Waals surface area contributed by atoms with Crippen LogP contribution in [-0.4, -0.2) is 114 Å². The lowest BCUT2D eigenvalue weighted by atomic mass is 10.1. The van der Waals surface area contributed by atoms with E-state index >= 15 is 0 Å². The maximum absolute atomic E-state index is 12.2. The smallest absolute Gasteiger partial charge is 0.475 e. The van der Waals surface area contributed by atoms with E-state index in [0.717, 1.165) is 23.6 Å². The second kappa shape index (κ2) is 14.8. The van der Waals surface area contributed by atoms with Crippen LogP contribution in [0, 0.1) is 0 Å². The molecule has 8 atom stereocenters. The van der Waals surface area contributed by atoms with Gasteiger partial charge in [0.05, 0.1) is 18.5 Å². The number of rotatable bonds is 11. The molecule has 4 heterocycles. The zero-order valence-corrected chi connectivity index (χ0v) is 22.0. The molecule has 0 aliphatic carbocycles. The number of nitrogens with one attached hydrogen (secondary N) is 2. The Morgan fingerprint density at radius 3 is 2.52 bits per heavy atom. The van der Waals surface area contributed by atoms with Crippen LogP contribution >= 0.6 is 0 Å². The van der Waals surface area contributed by atoms with Crippen LogP contribution in [0.25, 0.3) is 0 Å². The van der Waals surface area contributed by atoms with Crippen molar-refractivity contribution in [1.82, 2.24) is 24.4 Å². The van der Waals surface area contributed by atoms with Gasteiger partial charge in [0.2, 0.25) is 0 Å². The van der Waals surface area contributed by atoms with Gasteiger partial charge in [0, 0.05) is 50.7 Å². The van der Waals surface area contributed by atoms with Gasteiger partial charge >= 0.3 is 17.8 Å². The van der Waals surface area contributed by atoms with Crippen molar-refractivity contribution in [2.24, 2.45) is 5.73 Å². The lowest BCUT2D eigenvalue weighted by molar-refractivity contribution is -0.213. The Balaban J connectivity index is 0.000000616. The lowest BCUT2D eigenvalue weighted by Crippen LogP contribution is -2.44. The average molecular weight is 611 g/mol. The van der Waals surface area contributed by atoms with Crippen molar-refractivity contribution >= 4 is 5.97 Å². The molecule has 0 amide bonds. The maximum Gasteiger partial charge on any atom is 0.490 e. The molecular weight excluding hydrogens is 577 g/mol. The predicted molar refractivity (Wildman–Crippen MR) is 134 cm³/mol. The van der Waals surface area contributed by atoms with E-state index in [1.165, 1.54) is 6.20 Å². The molecule has 0 bridgehead atoms. The van der Waals surface area contributed by atoms with Gasteiger partial charge in [-0.25, -0.2) is 14.6 Å². The number of aromatic nitrogens is 4. The number of H-pyrrole nitrogens is 1. The molecule has 2 saturated heterocycles. The summed E-state index contributed by atoms with van der Waals surface area (Å²) in [5, 5.41) is 41.5. The number of imidazole rings is 1. The van der Waals surface area contributed by atoms with Gasteiger partial charge in [0.15, 0.2) is 12.5 Å². The lowest BCUT2D eigenvalue weighted by Gasteiger charge is -2.28. The van der Waals surface area contributed by atoms with Gasteiger partial charge < -0.3 is 50.3 Å². The SMILES string of the molecule is NC[C@H]1O[C@@H](O[C@@H](CNCCCn2ccnc2)[C@@H]2C[C@@H](O)[C@H](n3ccc(=O)[nH]c3=O)O2)[C@H](O)[C@@H]1O.O=C(O)C(F)(F)F. The molecule has 236 valence electrons. The normalized spacial score (nSPS) is 28.3. The van der Waals surface area contributed by atoms with Crippen LogP contribution in [0.2, 0.25) is 0 Å². The van der Waals surface area contributed by atoms with Crippen molar-refractivity contribution in [2.75, 3.05) is 19.6 Å². The first-order valence-electron chi connectivity index (χ1n) is 12.8. The largest absolute Gasteiger partial charge is 0.490 e. The molecule has 2 fully saturated rings. The Morgan fingerprint density at radius 1 is 1.24 bits per heavy atom. The summed E-state index contributed by atoms with van der Waals surface area (Å²) < 4.78 is 52.3. The number of aliphatic carboxylic acids is 1. The molecule has 0 aromatic carbocycles. The summed E-state index contributed by atoms with van der Waals surface area (Å²) in [6.45, 7) is 1.69. The monoisotopic (exact) mass is 610 g/mol. The van der Waals surface area contributed by atoms with Gasteiger partial charge in [0.1, 0.15) is 24.4 Å². The average Bonchev–Trinajstić information content (AvgIpc) is 3.64. The summed E-state index contributed by atoms with van der Waals surface area (Å²) in [6, 6.07) is 1.16. The molecule has 2 aliphatic heterocycles. The number of hydrogen-bond acceptors (Lipinski definition) is 12. The molecule has 42 heavy (non-hydrogen) atoms. The highest BCUT2D eigenvalue weighted by Crippen LogP contribution is 2.32. The van der Waals surface area contributed by atoms with Crippen molar-refractivity contribution in [2.45, 2.75) is 74.7 Å². The fourth-order valence-electron chi connectivity index (χ4n) is 4.31. The number of halogens is 3. The van der Waals surface area contributed by atoms with E-state index in [1.807, 2.05) is 10.8 Å². The van der Waals surface area contributed by atoms with Crippen molar-refractivity contribution < 1.29 is 52.6 Å². The van der Waals surface area contributed by atoms with Crippen LogP contribution in [0.5, 0.6) is 0 Å². The summed E-state index contributed by atoms with van der Waals surface area (Å²) in [5.41, 5.74) is 4.33. The second-order valence-corrected chi connectivity index (χ2v) is 9.48. The van der Waals surface area contributed by atoms with Crippen LogP contribution in [0.4, 0.5) is 13.2 Å². The van der Waals surface area contributed by atoms with Crippen molar-refractivity contribution in [3.8, 4) is 0 Å². The zero-order chi connectivity index (χ0) is 31.0. The van der Waals surface area contributed by atoms with Gasteiger partial charge in [-0.1, -0.05) is 0 Å². The number of ether oxygens (including phenoxy) is 3. The van der Waals surface area contributed by atoms with Crippen LogP contribution in [0.1, 0.15) is 19.1 Å². The van der Waals surface area contributed by atoms with Crippen molar-refractivity contribution in [3.05, 3.63) is 51.8 Å². The molecule has 2 aromatic heterocycles. The highest BCUT2D eigenvalue weighted by atomic mass is 19.4. The molecule has 2 aliphatic rings. The highest BCUT2D eigenvalue weighted by Gasteiger charge is 2.47. The third-order valence-electron chi connectivity index (χ3n) is 6.43. The Kier molecular flexibility index (Phi) is 11.8. The Morgan fingerprint density at radius 2 is 1.95 bits per heavy atom. The highest BCUT2D eigenvalue weighted by molar-refractivity contribution is 5.73. The third-order valence-corrected chi connectivity index (χ3v) is 6.43. The van der Waals surface area contributed by atoms with E-state index in [0.29, 0.717) is 6.54 Å². The molecule has 2 aromatic rings. The van der Waals surface area contributed by atoms with E-state index in [1.54, 1.807) is 12.5 Å². The number of alkyl halides is 3. The van der Waals surface area contributed by atoms with E-state index < -0.39 is 72.5 Å². The van der Waals surface area contributed by atoms with Gasteiger partial charge in [-0.05, 0) is 13.0 Å². The second-order valence-electron chi connectivity index (χ2n) is 9.48. The summed E-state index contributed by atoms with van der Waals surface area (Å²) in [4.78, 5) is 38.6. The summed E-state index contributed by atoms with van der Waals surface area (Å²) in [5.74, 6) is -2.76. The summed E-state index contributed by atoms with van der Waals surface area (Å²) in [6.07, 6.45) is -5.47. The van der Waals surface area contributed by atoms with Gasteiger partial charge in [-0.15, -0.1) is 0 Å². The molecule has 0 radical (unpaired) electrons. The predicted octanol–water partition coefficient (Wildman–Crippen LogP) is -2.51. The summed E-state index contributed by atoms with van der Waals surface area (Å²) in [7, 11) is 0. The number of carboxylic acids is 1. The van der Waals surface area contributed by atoms with E-state index in [-0.39, 0.29) is 19.5 Å². The Bertz CT molecular complexity index is 1240. The zero-order valence-electron chi connectivity index (χ0n) is 22.0.